The first-order valence-electron chi connectivity index (χ1n) is 7.37. The van der Waals surface area contributed by atoms with Crippen LogP contribution in [0.5, 0.6) is 0 Å². The van der Waals surface area contributed by atoms with Crippen LogP contribution in [0.2, 0.25) is 0 Å². The zero-order chi connectivity index (χ0) is 16.2. The highest BCUT2D eigenvalue weighted by molar-refractivity contribution is 5.87. The fourth-order valence-corrected chi connectivity index (χ4v) is 2.59. The van der Waals surface area contributed by atoms with Gasteiger partial charge >= 0.3 is 0 Å². The van der Waals surface area contributed by atoms with Gasteiger partial charge in [-0.2, -0.15) is 5.10 Å². The quantitative estimate of drug-likeness (QED) is 0.570. The van der Waals surface area contributed by atoms with E-state index in [9.17, 15) is 4.79 Å². The molecule has 0 unspecified atom stereocenters. The van der Waals surface area contributed by atoms with E-state index in [2.05, 4.69) is 28.7 Å². The average Bonchev–Trinajstić information content (AvgIpc) is 2.62. The first-order chi connectivity index (χ1) is 11.3. The predicted octanol–water partition coefficient (Wildman–Crippen LogP) is 1.84. The zero-order valence-corrected chi connectivity index (χ0v) is 12.9. The van der Waals surface area contributed by atoms with Gasteiger partial charge < -0.3 is 11.2 Å². The number of carbonyl (C=O) groups is 1. The molecule has 5 heteroatoms. The number of hydrogen-bond donors (Lipinski definition) is 2. The van der Waals surface area contributed by atoms with Gasteiger partial charge in [0.05, 0.1) is 0 Å². The van der Waals surface area contributed by atoms with E-state index in [0.717, 1.165) is 33.9 Å². The predicted molar refractivity (Wildman–Crippen MR) is 92.0 cm³/mol. The molecule has 3 N–H and O–H groups in total. The Bertz CT molecular complexity index is 910. The number of rotatable bonds is 4. The van der Waals surface area contributed by atoms with Gasteiger partial charge in [0.15, 0.2) is 5.49 Å². The van der Waals surface area contributed by atoms with Crippen molar-refractivity contribution < 1.29 is 4.79 Å². The lowest BCUT2D eigenvalue weighted by molar-refractivity contribution is 0.544. The first-order valence-corrected chi connectivity index (χ1v) is 7.37. The van der Waals surface area contributed by atoms with Gasteiger partial charge in [0.2, 0.25) is 6.41 Å². The Morgan fingerprint density at radius 2 is 1.87 bits per heavy atom. The summed E-state index contributed by atoms with van der Waals surface area (Å²) >= 11 is 0. The summed E-state index contributed by atoms with van der Waals surface area (Å²) in [7, 11) is 1.71. The summed E-state index contributed by atoms with van der Waals surface area (Å²) in [5.41, 5.74) is 12.2. The minimum Gasteiger partial charge on any atom is -0.326 e. The topological polar surface area (TPSA) is 72.4 Å². The van der Waals surface area contributed by atoms with Crippen molar-refractivity contribution in [2.24, 2.45) is 10.8 Å². The Morgan fingerprint density at radius 3 is 2.52 bits per heavy atom. The van der Waals surface area contributed by atoms with Crippen molar-refractivity contribution in [3.8, 4) is 11.1 Å². The minimum atomic E-state index is 0.530. The Morgan fingerprint density at radius 1 is 1.13 bits per heavy atom. The van der Waals surface area contributed by atoms with E-state index in [0.29, 0.717) is 12.0 Å². The lowest BCUT2D eigenvalue weighted by atomic mass is 10.0. The Balaban J connectivity index is 2.22. The van der Waals surface area contributed by atoms with Crippen molar-refractivity contribution in [3.63, 3.8) is 0 Å². The fourth-order valence-electron chi connectivity index (χ4n) is 2.59. The van der Waals surface area contributed by atoms with Gasteiger partial charge in [-0.3, -0.25) is 9.36 Å². The van der Waals surface area contributed by atoms with Crippen molar-refractivity contribution in [1.29, 1.82) is 0 Å². The van der Waals surface area contributed by atoms with Crippen LogP contribution in [0.15, 0.2) is 59.8 Å². The van der Waals surface area contributed by atoms with E-state index in [1.54, 1.807) is 13.2 Å². The number of fused-ring (bicyclic) bond motifs is 1. The summed E-state index contributed by atoms with van der Waals surface area (Å²) < 4.78 is 1.46. The normalized spacial score (nSPS) is 11.7. The molecule has 0 amide bonds. The van der Waals surface area contributed by atoms with Crippen LogP contribution < -0.4 is 16.6 Å². The molecule has 0 radical (unpaired) electrons. The van der Waals surface area contributed by atoms with Crippen LogP contribution in [-0.2, 0) is 11.3 Å². The lowest BCUT2D eigenvalue weighted by Gasteiger charge is -2.07. The van der Waals surface area contributed by atoms with Gasteiger partial charge in [0, 0.05) is 25.2 Å². The fraction of sp³-hybridized carbons (Fsp3) is 0.111. The monoisotopic (exact) mass is 306 g/mol. The summed E-state index contributed by atoms with van der Waals surface area (Å²) in [6, 6.07) is 16.2. The highest BCUT2D eigenvalue weighted by Gasteiger charge is 2.04. The van der Waals surface area contributed by atoms with Gasteiger partial charge in [-0.15, -0.1) is 0 Å². The zero-order valence-electron chi connectivity index (χ0n) is 12.9. The van der Waals surface area contributed by atoms with Crippen molar-refractivity contribution in [3.05, 3.63) is 65.8 Å². The summed E-state index contributed by atoms with van der Waals surface area (Å²) in [5, 5.41) is 6.17. The van der Waals surface area contributed by atoms with Crippen LogP contribution in [0.1, 0.15) is 5.56 Å². The van der Waals surface area contributed by atoms with Crippen LogP contribution >= 0.6 is 0 Å². The molecule has 0 spiro atoms. The highest BCUT2D eigenvalue weighted by atomic mass is 16.1. The second-order valence-corrected chi connectivity index (χ2v) is 5.19. The van der Waals surface area contributed by atoms with Crippen LogP contribution in [0.25, 0.3) is 21.9 Å². The molecule has 3 aromatic rings. The molecule has 1 heterocycles. The molecule has 1 aromatic heterocycles. The number of benzene rings is 2. The molecule has 3 rings (SSSR count). The van der Waals surface area contributed by atoms with E-state index in [-0.39, 0.29) is 0 Å². The summed E-state index contributed by atoms with van der Waals surface area (Å²) in [6.07, 6.45) is 2.46. The van der Waals surface area contributed by atoms with E-state index in [4.69, 9.17) is 5.73 Å². The van der Waals surface area contributed by atoms with E-state index >= 15 is 0 Å². The van der Waals surface area contributed by atoms with Crippen molar-refractivity contribution in [1.82, 2.24) is 9.99 Å². The Hall–Kier alpha value is -2.92. The Kier molecular flexibility index (Phi) is 4.21. The summed E-state index contributed by atoms with van der Waals surface area (Å²) in [4.78, 5) is 11.2. The molecule has 0 saturated carbocycles. The number of nitrogens with zero attached hydrogens (tertiary/aromatic N) is 2. The molecule has 0 fully saturated rings. The van der Waals surface area contributed by atoms with Crippen LogP contribution in [0.3, 0.4) is 0 Å². The van der Waals surface area contributed by atoms with E-state index in [1.165, 1.54) is 4.57 Å². The third-order valence-electron chi connectivity index (χ3n) is 3.81. The van der Waals surface area contributed by atoms with Gasteiger partial charge in [-0.1, -0.05) is 36.4 Å². The minimum absolute atomic E-state index is 0.530. The molecular weight excluding hydrogens is 288 g/mol. The number of hydrogen-bond acceptors (Lipinski definition) is 4. The van der Waals surface area contributed by atoms with Crippen molar-refractivity contribution in [2.75, 3.05) is 7.05 Å². The molecule has 5 nitrogen and oxygen atoms in total. The van der Waals surface area contributed by atoms with Gasteiger partial charge in [0.1, 0.15) is 0 Å². The average molecular weight is 306 g/mol. The lowest BCUT2D eigenvalue weighted by Crippen LogP contribution is -2.23. The van der Waals surface area contributed by atoms with Gasteiger partial charge in [-0.25, -0.2) is 0 Å². The molecule has 23 heavy (non-hydrogen) atoms. The SMILES string of the molecule is CN/N=c1/c2cc(-c3ccc(CN)cc3)ccc2ccn1C=O. The number of carbonyl (C=O) groups excluding carboxylic acids is 1. The third kappa shape index (κ3) is 2.86. The summed E-state index contributed by atoms with van der Waals surface area (Å²) in [6.45, 7) is 0.530. The highest BCUT2D eigenvalue weighted by Crippen LogP contribution is 2.23. The van der Waals surface area contributed by atoms with Crippen molar-refractivity contribution in [2.45, 2.75) is 6.54 Å². The second kappa shape index (κ2) is 6.46. The molecule has 0 atom stereocenters. The first kappa shape index (κ1) is 15.0. The largest absolute Gasteiger partial charge is 0.326 e. The molecule has 0 bridgehead atoms. The maximum atomic E-state index is 11.2. The van der Waals surface area contributed by atoms with Crippen molar-refractivity contribution >= 4 is 17.2 Å². The number of pyridine rings is 1. The molecule has 0 aliphatic rings. The summed E-state index contributed by atoms with van der Waals surface area (Å²) in [5.74, 6) is 0. The Labute approximate surface area is 134 Å². The van der Waals surface area contributed by atoms with Gasteiger partial charge in [-0.05, 0) is 34.2 Å². The van der Waals surface area contributed by atoms with Gasteiger partial charge in [0.25, 0.3) is 0 Å². The number of aromatic nitrogens is 1. The molecule has 0 aliphatic heterocycles. The number of nitrogens with two attached hydrogens (primary N) is 1. The molecule has 2 aromatic carbocycles. The standard InChI is InChI=1S/C18H18N4O/c1-20-21-18-17-10-16(14-4-2-13(11-19)3-5-14)7-6-15(17)8-9-22(18)12-23/h2-10,12,20H,11,19H2,1H3/b21-18-. The molecule has 0 aliphatic carbocycles. The van der Waals surface area contributed by atoms with E-state index < -0.39 is 0 Å². The smallest absolute Gasteiger partial charge is 0.219 e. The second-order valence-electron chi connectivity index (χ2n) is 5.19. The van der Waals surface area contributed by atoms with Crippen LogP contribution in [0.4, 0.5) is 0 Å². The maximum Gasteiger partial charge on any atom is 0.219 e. The number of nitrogens with one attached hydrogen (secondary N) is 1. The van der Waals surface area contributed by atoms with E-state index in [1.807, 2.05) is 30.3 Å². The molecule has 0 saturated heterocycles. The molecule has 116 valence electrons. The maximum absolute atomic E-state index is 11.2. The molecular formula is C18H18N4O. The van der Waals surface area contributed by atoms with Crippen LogP contribution in [-0.4, -0.2) is 18.0 Å². The van der Waals surface area contributed by atoms with Crippen LogP contribution in [0, 0.1) is 0 Å². The third-order valence-corrected chi connectivity index (χ3v) is 3.81.